The predicted octanol–water partition coefficient (Wildman–Crippen LogP) is 0.762. The van der Waals surface area contributed by atoms with E-state index >= 15 is 0 Å². The summed E-state index contributed by atoms with van der Waals surface area (Å²) in [5, 5.41) is 28.3. The van der Waals surface area contributed by atoms with E-state index in [9.17, 15) is 20.1 Å². The fourth-order valence-corrected chi connectivity index (χ4v) is 2.44. The van der Waals surface area contributed by atoms with Gasteiger partial charge in [-0.05, 0) is 6.42 Å². The molecule has 1 rings (SSSR count). The van der Waals surface area contributed by atoms with E-state index in [2.05, 4.69) is 6.92 Å². The van der Waals surface area contributed by atoms with Crippen molar-refractivity contribution in [2.24, 2.45) is 0 Å². The van der Waals surface area contributed by atoms with Gasteiger partial charge in [0.2, 0.25) is 0 Å². The molecule has 6 heteroatoms. The molecule has 4 atom stereocenters. The van der Waals surface area contributed by atoms with Crippen molar-refractivity contribution in [3.8, 4) is 0 Å². The second kappa shape index (κ2) is 10.1. The molecule has 1 fully saturated rings. The van der Waals surface area contributed by atoms with E-state index in [1.165, 1.54) is 19.3 Å². The van der Waals surface area contributed by atoms with Crippen LogP contribution in [0.25, 0.3) is 0 Å². The van der Waals surface area contributed by atoms with Crippen molar-refractivity contribution in [2.45, 2.75) is 76.3 Å². The van der Waals surface area contributed by atoms with Crippen molar-refractivity contribution in [3.63, 3.8) is 0 Å². The lowest BCUT2D eigenvalue weighted by Gasteiger charge is -2.24. The number of rotatable bonds is 10. The minimum absolute atomic E-state index is 0.0166. The molecule has 1 saturated heterocycles. The first kappa shape index (κ1) is 18.4. The summed E-state index contributed by atoms with van der Waals surface area (Å²) >= 11 is 0. The van der Waals surface area contributed by atoms with Gasteiger partial charge in [0.05, 0.1) is 13.2 Å². The van der Waals surface area contributed by atoms with Crippen LogP contribution in [0.4, 0.5) is 0 Å². The van der Waals surface area contributed by atoms with Crippen LogP contribution < -0.4 is 0 Å². The molecular weight excluding hydrogens is 276 g/mol. The van der Waals surface area contributed by atoms with Crippen LogP contribution in [0.3, 0.4) is 0 Å². The van der Waals surface area contributed by atoms with Crippen molar-refractivity contribution < 1.29 is 29.6 Å². The van der Waals surface area contributed by atoms with Crippen molar-refractivity contribution >= 4 is 5.97 Å². The second-order valence-electron chi connectivity index (χ2n) is 5.58. The highest BCUT2D eigenvalue weighted by molar-refractivity contribution is 5.69. The fraction of sp³-hybridized carbons (Fsp3) is 0.933. The summed E-state index contributed by atoms with van der Waals surface area (Å²) in [5.74, 6) is -0.401. The Bertz CT molecular complexity index is 296. The van der Waals surface area contributed by atoms with E-state index in [0.29, 0.717) is 6.42 Å². The number of aliphatic hydroxyl groups excluding tert-OH is 3. The van der Waals surface area contributed by atoms with E-state index in [1.54, 1.807) is 0 Å². The summed E-state index contributed by atoms with van der Waals surface area (Å²) in [7, 11) is 0. The van der Waals surface area contributed by atoms with Crippen LogP contribution in [-0.2, 0) is 14.3 Å². The molecule has 21 heavy (non-hydrogen) atoms. The molecule has 0 radical (unpaired) electrons. The van der Waals surface area contributed by atoms with Gasteiger partial charge >= 0.3 is 5.97 Å². The van der Waals surface area contributed by atoms with Crippen molar-refractivity contribution in [2.75, 3.05) is 13.2 Å². The van der Waals surface area contributed by atoms with Gasteiger partial charge in [0.1, 0.15) is 18.3 Å². The Hall–Kier alpha value is -0.690. The van der Waals surface area contributed by atoms with Crippen LogP contribution >= 0.6 is 0 Å². The molecule has 1 aliphatic heterocycles. The van der Waals surface area contributed by atoms with Crippen LogP contribution in [0, 0.1) is 0 Å². The van der Waals surface area contributed by atoms with Crippen LogP contribution in [-0.4, -0.2) is 58.9 Å². The lowest BCUT2D eigenvalue weighted by atomic mass is 10.1. The quantitative estimate of drug-likeness (QED) is 0.407. The molecule has 0 aromatic rings. The maximum absolute atomic E-state index is 11.7. The number of aliphatic hydroxyl groups is 3. The minimum atomic E-state index is -1.14. The summed E-state index contributed by atoms with van der Waals surface area (Å²) in [6, 6.07) is 0. The van der Waals surface area contributed by atoms with Gasteiger partial charge in [-0.25, -0.2) is 0 Å². The smallest absolute Gasteiger partial charge is 0.306 e. The number of carbonyl (C=O) groups is 1. The Morgan fingerprint density at radius 3 is 2.48 bits per heavy atom. The zero-order valence-corrected chi connectivity index (χ0v) is 12.7. The topological polar surface area (TPSA) is 96.2 Å². The number of hydrogen-bond donors (Lipinski definition) is 3. The number of carbonyl (C=O) groups excluding carboxylic acids is 1. The normalized spacial score (nSPS) is 26.8. The van der Waals surface area contributed by atoms with E-state index in [0.717, 1.165) is 19.3 Å². The van der Waals surface area contributed by atoms with Crippen molar-refractivity contribution in [1.82, 2.24) is 0 Å². The van der Waals surface area contributed by atoms with Gasteiger partial charge in [-0.2, -0.15) is 0 Å². The number of esters is 1. The van der Waals surface area contributed by atoms with Gasteiger partial charge < -0.3 is 24.8 Å². The molecule has 0 aromatic carbocycles. The van der Waals surface area contributed by atoms with Gasteiger partial charge in [-0.15, -0.1) is 0 Å². The molecular formula is C15H28O6. The first-order chi connectivity index (χ1) is 10.1. The first-order valence-electron chi connectivity index (χ1n) is 7.88. The summed E-state index contributed by atoms with van der Waals surface area (Å²) < 4.78 is 10.3. The first-order valence-corrected chi connectivity index (χ1v) is 7.88. The third-order valence-electron chi connectivity index (χ3n) is 3.75. The Morgan fingerprint density at radius 2 is 1.90 bits per heavy atom. The third-order valence-corrected chi connectivity index (χ3v) is 3.75. The molecule has 0 spiro atoms. The summed E-state index contributed by atoms with van der Waals surface area (Å²) in [4.78, 5) is 11.7. The molecule has 3 N–H and O–H groups in total. The highest BCUT2D eigenvalue weighted by Gasteiger charge is 2.41. The minimum Gasteiger partial charge on any atom is -0.457 e. The van der Waals surface area contributed by atoms with Crippen molar-refractivity contribution in [3.05, 3.63) is 0 Å². The van der Waals surface area contributed by atoms with Gasteiger partial charge in [-0.3, -0.25) is 4.79 Å². The van der Waals surface area contributed by atoms with Crippen LogP contribution in [0.1, 0.15) is 51.9 Å². The molecule has 0 saturated carbocycles. The Morgan fingerprint density at radius 1 is 1.24 bits per heavy atom. The molecule has 1 aliphatic rings. The van der Waals surface area contributed by atoms with Crippen LogP contribution in [0.5, 0.6) is 0 Å². The van der Waals surface area contributed by atoms with Crippen LogP contribution in [0.2, 0.25) is 0 Å². The maximum Gasteiger partial charge on any atom is 0.306 e. The molecule has 0 amide bonds. The Kier molecular flexibility index (Phi) is 8.84. The van der Waals surface area contributed by atoms with Gasteiger partial charge in [0.15, 0.2) is 6.10 Å². The summed E-state index contributed by atoms with van der Waals surface area (Å²) in [6.07, 6.45) is 2.83. The average Bonchev–Trinajstić information content (AvgIpc) is 2.80. The Balaban J connectivity index is 2.22. The average molecular weight is 304 g/mol. The highest BCUT2D eigenvalue weighted by Crippen LogP contribution is 2.20. The summed E-state index contributed by atoms with van der Waals surface area (Å²) in [6.45, 7) is 1.71. The number of unbranched alkanes of at least 4 members (excludes halogenated alkanes) is 5. The molecule has 0 bridgehead atoms. The lowest BCUT2D eigenvalue weighted by molar-refractivity contribution is -0.162. The molecule has 6 nitrogen and oxygen atoms in total. The standard InChI is InChI=1S/C15H28O6/c1-2-3-4-5-6-7-8-13(18)21-12(9-16)15-14(19)11(17)10-20-15/h11-12,14-17,19H,2-10H2,1H3. The largest absolute Gasteiger partial charge is 0.457 e. The van der Waals surface area contributed by atoms with Gasteiger partial charge in [0, 0.05) is 6.42 Å². The van der Waals surface area contributed by atoms with Gasteiger partial charge in [0.25, 0.3) is 0 Å². The molecule has 0 aliphatic carbocycles. The second-order valence-corrected chi connectivity index (χ2v) is 5.58. The van der Waals surface area contributed by atoms with Crippen LogP contribution in [0.15, 0.2) is 0 Å². The molecule has 1 heterocycles. The zero-order valence-electron chi connectivity index (χ0n) is 12.7. The zero-order chi connectivity index (χ0) is 15.7. The van der Waals surface area contributed by atoms with E-state index in [1.807, 2.05) is 0 Å². The molecule has 124 valence electrons. The maximum atomic E-state index is 11.7. The van der Waals surface area contributed by atoms with Gasteiger partial charge in [-0.1, -0.05) is 39.0 Å². The number of hydrogen-bond acceptors (Lipinski definition) is 6. The predicted molar refractivity (Wildman–Crippen MR) is 76.7 cm³/mol. The highest BCUT2D eigenvalue weighted by atomic mass is 16.6. The SMILES string of the molecule is CCCCCCCCC(=O)OC(CO)C1OCC(O)C1O. The number of ether oxygens (including phenoxy) is 2. The van der Waals surface area contributed by atoms with E-state index < -0.39 is 37.0 Å². The third kappa shape index (κ3) is 6.30. The Labute approximate surface area is 126 Å². The molecule has 4 unspecified atom stereocenters. The van der Waals surface area contributed by atoms with E-state index in [-0.39, 0.29) is 6.61 Å². The van der Waals surface area contributed by atoms with E-state index in [4.69, 9.17) is 9.47 Å². The molecule has 0 aromatic heterocycles. The lowest BCUT2D eigenvalue weighted by Crippen LogP contribution is -2.43. The van der Waals surface area contributed by atoms with Crippen molar-refractivity contribution in [1.29, 1.82) is 0 Å². The monoisotopic (exact) mass is 304 g/mol. The fourth-order valence-electron chi connectivity index (χ4n) is 2.44. The summed E-state index contributed by atoms with van der Waals surface area (Å²) in [5.41, 5.74) is 0.